The predicted octanol–water partition coefficient (Wildman–Crippen LogP) is 3.40. The second-order valence-corrected chi connectivity index (χ2v) is 7.47. The lowest BCUT2D eigenvalue weighted by atomic mass is 9.89. The second kappa shape index (κ2) is 9.85. The summed E-state index contributed by atoms with van der Waals surface area (Å²) in [5, 5.41) is 10.4. The van der Waals surface area contributed by atoms with Crippen LogP contribution in [0.15, 0.2) is 42.5 Å². The van der Waals surface area contributed by atoms with Crippen LogP contribution in [0.1, 0.15) is 30.1 Å². The highest BCUT2D eigenvalue weighted by Crippen LogP contribution is 2.29. The molecule has 1 aliphatic heterocycles. The van der Waals surface area contributed by atoms with Gasteiger partial charge in [-0.25, -0.2) is 4.39 Å². The molecule has 1 atom stereocenters. The topological polar surface area (TPSA) is 59.0 Å². The Morgan fingerprint density at radius 2 is 1.76 bits per heavy atom. The summed E-state index contributed by atoms with van der Waals surface area (Å²) in [4.78, 5) is 14.9. The van der Waals surface area contributed by atoms with Crippen LogP contribution >= 0.6 is 0 Å². The Morgan fingerprint density at radius 1 is 1.10 bits per heavy atom. The molecule has 2 aromatic rings. The molecule has 3 rings (SSSR count). The van der Waals surface area contributed by atoms with Crippen molar-refractivity contribution in [2.24, 2.45) is 5.92 Å². The lowest BCUT2D eigenvalue weighted by molar-refractivity contribution is -0.123. The Bertz CT molecular complexity index is 816. The molecule has 29 heavy (non-hydrogen) atoms. The Hall–Kier alpha value is -2.44. The second-order valence-electron chi connectivity index (χ2n) is 7.47. The summed E-state index contributed by atoms with van der Waals surface area (Å²) in [6.07, 6.45) is 1.28. The summed E-state index contributed by atoms with van der Waals surface area (Å²) in [7, 11) is 3.17. The number of aliphatic hydroxyl groups is 1. The number of ketones is 1. The molecule has 6 heteroatoms. The maximum absolute atomic E-state index is 13.0. The Balaban J connectivity index is 1.50. The van der Waals surface area contributed by atoms with E-state index in [0.717, 1.165) is 31.5 Å². The van der Waals surface area contributed by atoms with Crippen LogP contribution in [0.5, 0.6) is 11.5 Å². The zero-order chi connectivity index (χ0) is 20.8. The highest BCUT2D eigenvalue weighted by Gasteiger charge is 2.26. The molecule has 1 saturated heterocycles. The first-order valence-corrected chi connectivity index (χ1v) is 9.89. The minimum atomic E-state index is -0.658. The summed E-state index contributed by atoms with van der Waals surface area (Å²) in [5.41, 5.74) is 1.62. The third kappa shape index (κ3) is 5.55. The van der Waals surface area contributed by atoms with E-state index in [4.69, 9.17) is 9.47 Å². The Labute approximate surface area is 171 Å². The van der Waals surface area contributed by atoms with E-state index in [0.29, 0.717) is 30.0 Å². The van der Waals surface area contributed by atoms with Gasteiger partial charge in [0.25, 0.3) is 0 Å². The summed E-state index contributed by atoms with van der Waals surface area (Å²) >= 11 is 0. The summed E-state index contributed by atoms with van der Waals surface area (Å²) in [6, 6.07) is 11.5. The van der Waals surface area contributed by atoms with Crippen LogP contribution in [-0.4, -0.2) is 49.6 Å². The van der Waals surface area contributed by atoms with Crippen molar-refractivity contribution < 1.29 is 23.8 Å². The number of piperidine rings is 1. The monoisotopic (exact) mass is 401 g/mol. The van der Waals surface area contributed by atoms with Gasteiger partial charge in [-0.3, -0.25) is 4.79 Å². The molecule has 1 aliphatic rings. The van der Waals surface area contributed by atoms with Gasteiger partial charge in [0.05, 0.1) is 20.3 Å². The molecule has 0 bridgehead atoms. The molecular weight excluding hydrogens is 373 g/mol. The number of benzene rings is 2. The Morgan fingerprint density at radius 3 is 2.38 bits per heavy atom. The van der Waals surface area contributed by atoms with Crippen molar-refractivity contribution in [2.45, 2.75) is 25.4 Å². The normalized spacial score (nSPS) is 16.4. The molecule has 0 radical (unpaired) electrons. The van der Waals surface area contributed by atoms with E-state index in [9.17, 15) is 14.3 Å². The molecule has 1 unspecified atom stereocenters. The first-order valence-electron chi connectivity index (χ1n) is 9.89. The van der Waals surface area contributed by atoms with Gasteiger partial charge < -0.3 is 19.5 Å². The van der Waals surface area contributed by atoms with Crippen molar-refractivity contribution in [1.29, 1.82) is 0 Å². The number of carbonyl (C=O) groups excluding carboxylic acids is 1. The van der Waals surface area contributed by atoms with Gasteiger partial charge in [0.1, 0.15) is 11.6 Å². The molecule has 0 aromatic heterocycles. The van der Waals surface area contributed by atoms with Gasteiger partial charge in [0.2, 0.25) is 0 Å². The van der Waals surface area contributed by atoms with E-state index in [-0.39, 0.29) is 17.5 Å². The van der Waals surface area contributed by atoms with Gasteiger partial charge in [-0.05, 0) is 61.3 Å². The van der Waals surface area contributed by atoms with E-state index >= 15 is 0 Å². The fourth-order valence-electron chi connectivity index (χ4n) is 3.81. The maximum atomic E-state index is 13.0. The van der Waals surface area contributed by atoms with Crippen molar-refractivity contribution in [2.75, 3.05) is 33.9 Å². The number of methoxy groups -OCH3 is 2. The number of hydrogen-bond acceptors (Lipinski definition) is 5. The Kier molecular flexibility index (Phi) is 7.23. The molecule has 0 spiro atoms. The number of likely N-dealkylation sites (tertiary alicyclic amines) is 1. The summed E-state index contributed by atoms with van der Waals surface area (Å²) in [6.45, 7) is 2.02. The van der Waals surface area contributed by atoms with E-state index < -0.39 is 6.10 Å². The molecule has 1 N–H and O–H groups in total. The maximum Gasteiger partial charge on any atom is 0.161 e. The molecule has 0 amide bonds. The third-order valence-corrected chi connectivity index (χ3v) is 5.56. The molecule has 156 valence electrons. The van der Waals surface area contributed by atoms with Crippen molar-refractivity contribution >= 4 is 5.78 Å². The number of aliphatic hydroxyl groups excluding tert-OH is 1. The van der Waals surface area contributed by atoms with Crippen molar-refractivity contribution in [3.8, 4) is 11.5 Å². The number of hydrogen-bond donors (Lipinski definition) is 1. The quantitative estimate of drug-likeness (QED) is 0.735. The number of carbonyl (C=O) groups is 1. The smallest absolute Gasteiger partial charge is 0.161 e. The van der Waals surface area contributed by atoms with Gasteiger partial charge in [-0.15, -0.1) is 0 Å². The van der Waals surface area contributed by atoms with Crippen molar-refractivity contribution in [1.82, 2.24) is 4.90 Å². The van der Waals surface area contributed by atoms with Crippen LogP contribution in [0.4, 0.5) is 4.39 Å². The highest BCUT2D eigenvalue weighted by atomic mass is 19.1. The molecular formula is C23H28FNO4. The lowest BCUT2D eigenvalue weighted by Gasteiger charge is -2.32. The number of ether oxygens (including phenoxy) is 2. The van der Waals surface area contributed by atoms with E-state index in [1.54, 1.807) is 26.4 Å². The van der Waals surface area contributed by atoms with Gasteiger partial charge in [-0.1, -0.05) is 18.2 Å². The molecule has 0 saturated carbocycles. The van der Waals surface area contributed by atoms with Gasteiger partial charge >= 0.3 is 0 Å². The number of β-amino-alcohol motifs (C(OH)–C–C–N with tert-alkyl or cyclic N) is 1. The van der Waals surface area contributed by atoms with Crippen molar-refractivity contribution in [3.63, 3.8) is 0 Å². The molecule has 1 heterocycles. The first-order chi connectivity index (χ1) is 14.0. The van der Waals surface area contributed by atoms with Crippen LogP contribution in [0.25, 0.3) is 0 Å². The van der Waals surface area contributed by atoms with E-state index in [1.165, 1.54) is 12.1 Å². The number of halogens is 1. The lowest BCUT2D eigenvalue weighted by Crippen LogP contribution is -2.39. The molecule has 2 aromatic carbocycles. The van der Waals surface area contributed by atoms with Gasteiger partial charge in [0.15, 0.2) is 11.5 Å². The SMILES string of the molecule is COc1ccc(CC(=O)C2CCN(CC(O)c3ccc(F)cc3)CC2)cc1OC. The number of nitrogens with zero attached hydrogens (tertiary/aromatic N) is 1. The average Bonchev–Trinajstić information content (AvgIpc) is 2.74. The minimum absolute atomic E-state index is 0.0299. The summed E-state index contributed by atoms with van der Waals surface area (Å²) < 4.78 is 23.6. The van der Waals surface area contributed by atoms with Crippen LogP contribution in [0.3, 0.4) is 0 Å². The van der Waals surface area contributed by atoms with Crippen molar-refractivity contribution in [3.05, 3.63) is 59.4 Å². The van der Waals surface area contributed by atoms with Crippen LogP contribution in [0.2, 0.25) is 0 Å². The van der Waals surface area contributed by atoms with E-state index in [1.807, 2.05) is 18.2 Å². The average molecular weight is 401 g/mol. The summed E-state index contributed by atoms with van der Waals surface area (Å²) in [5.74, 6) is 1.23. The van der Waals surface area contributed by atoms with Crippen LogP contribution in [0, 0.1) is 11.7 Å². The highest BCUT2D eigenvalue weighted by molar-refractivity contribution is 5.83. The fourth-order valence-corrected chi connectivity index (χ4v) is 3.81. The van der Waals surface area contributed by atoms with E-state index in [2.05, 4.69) is 4.90 Å². The first kappa shape index (κ1) is 21.3. The molecule has 5 nitrogen and oxygen atoms in total. The molecule has 1 fully saturated rings. The predicted molar refractivity (Wildman–Crippen MR) is 109 cm³/mol. The number of rotatable bonds is 8. The minimum Gasteiger partial charge on any atom is -0.493 e. The standard InChI is InChI=1S/C23H28FNO4/c1-28-22-8-3-16(14-23(22)29-2)13-20(26)18-9-11-25(12-10-18)15-21(27)17-4-6-19(24)7-5-17/h3-8,14,18,21,27H,9-13,15H2,1-2H3. The largest absolute Gasteiger partial charge is 0.493 e. The van der Waals surface area contributed by atoms with Gasteiger partial charge in [0, 0.05) is 18.9 Å². The van der Waals surface area contributed by atoms with Crippen LogP contribution in [-0.2, 0) is 11.2 Å². The van der Waals surface area contributed by atoms with Gasteiger partial charge in [-0.2, -0.15) is 0 Å². The fraction of sp³-hybridized carbons (Fsp3) is 0.435. The van der Waals surface area contributed by atoms with Crippen LogP contribution < -0.4 is 9.47 Å². The molecule has 0 aliphatic carbocycles. The third-order valence-electron chi connectivity index (χ3n) is 5.56. The number of Topliss-reactive ketones (excluding diaryl/α,β-unsaturated/α-hetero) is 1. The zero-order valence-electron chi connectivity index (χ0n) is 16.9. The zero-order valence-corrected chi connectivity index (χ0v) is 16.9.